The molecular weight excluding hydrogens is 434 g/mol. The standard InChI is InChI=1S/C25H27N5O4/c1-34-13-7-12-29(21(31)14-18-15-27-20-11-6-5-10-19(18)20)22-23(26)30(25(33)28-24(22)32)16-17-8-3-2-4-9-17/h2-6,8-11,15,27H,7,12-14,16,26H2,1H3,(H,28,32,33). The summed E-state index contributed by atoms with van der Waals surface area (Å²) in [6, 6.07) is 17.0. The van der Waals surface area contributed by atoms with Gasteiger partial charge >= 0.3 is 5.69 Å². The summed E-state index contributed by atoms with van der Waals surface area (Å²) in [5.41, 5.74) is 7.56. The third-order valence-corrected chi connectivity index (χ3v) is 5.72. The first-order chi connectivity index (χ1) is 16.5. The maximum absolute atomic E-state index is 13.5. The molecular formula is C25H27N5O4. The number of ether oxygens (including phenoxy) is 1. The molecule has 0 saturated carbocycles. The van der Waals surface area contributed by atoms with Crippen LogP contribution in [0.4, 0.5) is 11.5 Å². The van der Waals surface area contributed by atoms with Crippen molar-refractivity contribution in [2.45, 2.75) is 19.4 Å². The van der Waals surface area contributed by atoms with Crippen molar-refractivity contribution in [2.75, 3.05) is 30.9 Å². The Morgan fingerprint density at radius 3 is 2.59 bits per heavy atom. The number of nitrogens with one attached hydrogen (secondary N) is 2. The average molecular weight is 462 g/mol. The topological polar surface area (TPSA) is 126 Å². The van der Waals surface area contributed by atoms with Crippen LogP contribution in [-0.2, 0) is 22.5 Å². The quantitative estimate of drug-likeness (QED) is 0.330. The van der Waals surface area contributed by atoms with Crippen LogP contribution in [-0.4, -0.2) is 40.7 Å². The van der Waals surface area contributed by atoms with E-state index in [9.17, 15) is 14.4 Å². The average Bonchev–Trinajstić information content (AvgIpc) is 3.24. The third-order valence-electron chi connectivity index (χ3n) is 5.72. The summed E-state index contributed by atoms with van der Waals surface area (Å²) in [7, 11) is 1.57. The number of hydrogen-bond donors (Lipinski definition) is 3. The first kappa shape index (κ1) is 23.1. The summed E-state index contributed by atoms with van der Waals surface area (Å²) >= 11 is 0. The van der Waals surface area contributed by atoms with Gasteiger partial charge in [0.05, 0.1) is 13.0 Å². The normalized spacial score (nSPS) is 11.1. The van der Waals surface area contributed by atoms with Crippen LogP contribution in [0.25, 0.3) is 10.9 Å². The molecule has 0 aliphatic carbocycles. The molecule has 2 heterocycles. The maximum atomic E-state index is 13.5. The number of rotatable bonds is 9. The van der Waals surface area contributed by atoms with Crippen LogP contribution in [0.2, 0.25) is 0 Å². The lowest BCUT2D eigenvalue weighted by molar-refractivity contribution is -0.118. The van der Waals surface area contributed by atoms with Crippen molar-refractivity contribution in [1.29, 1.82) is 0 Å². The van der Waals surface area contributed by atoms with Gasteiger partial charge in [0.25, 0.3) is 5.56 Å². The molecule has 4 N–H and O–H groups in total. The Balaban J connectivity index is 1.72. The summed E-state index contributed by atoms with van der Waals surface area (Å²) in [6.07, 6.45) is 2.35. The summed E-state index contributed by atoms with van der Waals surface area (Å²) in [5, 5.41) is 0.934. The van der Waals surface area contributed by atoms with Crippen LogP contribution in [0.15, 0.2) is 70.4 Å². The molecule has 0 spiro atoms. The van der Waals surface area contributed by atoms with Gasteiger partial charge in [0.15, 0.2) is 5.69 Å². The number of H-pyrrole nitrogens is 2. The summed E-state index contributed by atoms with van der Waals surface area (Å²) in [4.78, 5) is 45.8. The van der Waals surface area contributed by atoms with Crippen molar-refractivity contribution in [1.82, 2.24) is 14.5 Å². The highest BCUT2D eigenvalue weighted by Gasteiger charge is 2.25. The first-order valence-electron chi connectivity index (χ1n) is 11.0. The lowest BCUT2D eigenvalue weighted by Crippen LogP contribution is -2.42. The number of anilines is 2. The number of benzene rings is 2. The highest BCUT2D eigenvalue weighted by Crippen LogP contribution is 2.22. The van der Waals surface area contributed by atoms with Crippen molar-refractivity contribution < 1.29 is 9.53 Å². The SMILES string of the molecule is COCCCN(C(=O)Cc1c[nH]c2ccccc12)c1c(N)n(Cc2ccccc2)c(=O)[nH]c1=O. The minimum absolute atomic E-state index is 0.0310. The molecule has 1 amide bonds. The number of nitrogen functional groups attached to an aromatic ring is 1. The minimum atomic E-state index is -0.698. The van der Waals surface area contributed by atoms with Gasteiger partial charge in [0, 0.05) is 37.4 Å². The monoisotopic (exact) mass is 461 g/mol. The number of methoxy groups -OCH3 is 1. The van der Waals surface area contributed by atoms with Crippen molar-refractivity contribution in [3.63, 3.8) is 0 Å². The van der Waals surface area contributed by atoms with Crippen molar-refractivity contribution >= 4 is 28.3 Å². The van der Waals surface area contributed by atoms with Crippen LogP contribution in [0.3, 0.4) is 0 Å². The molecule has 176 valence electrons. The van der Waals surface area contributed by atoms with Gasteiger partial charge in [0.2, 0.25) is 5.91 Å². The van der Waals surface area contributed by atoms with E-state index in [1.807, 2.05) is 54.6 Å². The van der Waals surface area contributed by atoms with E-state index < -0.39 is 11.2 Å². The van der Waals surface area contributed by atoms with E-state index >= 15 is 0 Å². The van der Waals surface area contributed by atoms with E-state index in [4.69, 9.17) is 10.5 Å². The fourth-order valence-corrected chi connectivity index (χ4v) is 4.03. The number of para-hydroxylation sites is 1. The number of aromatic amines is 2. The van der Waals surface area contributed by atoms with Gasteiger partial charge in [-0.25, -0.2) is 4.79 Å². The Hall–Kier alpha value is -4.11. The zero-order valence-electron chi connectivity index (χ0n) is 18.9. The fourth-order valence-electron chi connectivity index (χ4n) is 4.03. The minimum Gasteiger partial charge on any atom is -0.385 e. The molecule has 34 heavy (non-hydrogen) atoms. The van der Waals surface area contributed by atoms with Crippen LogP contribution in [0.5, 0.6) is 0 Å². The number of carbonyl (C=O) groups excluding carboxylic acids is 1. The number of fused-ring (bicyclic) bond motifs is 1. The largest absolute Gasteiger partial charge is 0.385 e. The Morgan fingerprint density at radius 2 is 1.82 bits per heavy atom. The Bertz CT molecular complexity index is 1400. The third kappa shape index (κ3) is 4.79. The summed E-state index contributed by atoms with van der Waals surface area (Å²) in [5.74, 6) is -0.356. The fraction of sp³-hybridized carbons (Fsp3) is 0.240. The summed E-state index contributed by atoms with van der Waals surface area (Å²) in [6.45, 7) is 0.780. The van der Waals surface area contributed by atoms with Gasteiger partial charge in [0.1, 0.15) is 5.82 Å². The number of amides is 1. The van der Waals surface area contributed by atoms with Crippen molar-refractivity contribution in [2.24, 2.45) is 0 Å². The molecule has 0 radical (unpaired) electrons. The molecule has 4 rings (SSSR count). The molecule has 0 atom stereocenters. The molecule has 0 saturated heterocycles. The van der Waals surface area contributed by atoms with Crippen molar-refractivity contribution in [3.8, 4) is 0 Å². The molecule has 0 aliphatic rings. The zero-order chi connectivity index (χ0) is 24.1. The number of hydrogen-bond acceptors (Lipinski definition) is 5. The second-order valence-corrected chi connectivity index (χ2v) is 7.99. The van der Waals surface area contributed by atoms with Crippen LogP contribution in [0, 0.1) is 0 Å². The summed E-state index contributed by atoms with van der Waals surface area (Å²) < 4.78 is 6.41. The number of carbonyl (C=O) groups is 1. The second-order valence-electron chi connectivity index (χ2n) is 7.99. The highest BCUT2D eigenvalue weighted by molar-refractivity contribution is 5.99. The van der Waals surface area contributed by atoms with E-state index in [0.29, 0.717) is 13.0 Å². The molecule has 0 unspecified atom stereocenters. The molecule has 9 heteroatoms. The molecule has 0 fully saturated rings. The number of nitrogens with zero attached hydrogens (tertiary/aromatic N) is 2. The zero-order valence-corrected chi connectivity index (χ0v) is 18.9. The van der Waals surface area contributed by atoms with Gasteiger partial charge in [-0.2, -0.15) is 0 Å². The van der Waals surface area contributed by atoms with E-state index in [1.165, 1.54) is 9.47 Å². The van der Waals surface area contributed by atoms with Gasteiger partial charge < -0.3 is 20.4 Å². The van der Waals surface area contributed by atoms with Crippen molar-refractivity contribution in [3.05, 3.63) is 92.8 Å². The van der Waals surface area contributed by atoms with Gasteiger partial charge in [-0.15, -0.1) is 0 Å². The van der Waals surface area contributed by atoms with E-state index in [0.717, 1.165) is 22.0 Å². The Labute approximate surface area is 195 Å². The molecule has 0 aliphatic heterocycles. The van der Waals surface area contributed by atoms with Gasteiger partial charge in [-0.1, -0.05) is 48.5 Å². The lowest BCUT2D eigenvalue weighted by atomic mass is 10.1. The number of nitrogens with two attached hydrogens (primary N) is 1. The molecule has 2 aromatic carbocycles. The van der Waals surface area contributed by atoms with Crippen LogP contribution in [0.1, 0.15) is 17.5 Å². The van der Waals surface area contributed by atoms with E-state index in [2.05, 4.69) is 9.97 Å². The first-order valence-corrected chi connectivity index (χ1v) is 11.0. The molecule has 9 nitrogen and oxygen atoms in total. The molecule has 4 aromatic rings. The van der Waals surface area contributed by atoms with E-state index in [-0.39, 0.29) is 36.9 Å². The Kier molecular flexibility index (Phi) is 6.93. The predicted octanol–water partition coefficient (Wildman–Crippen LogP) is 2.26. The second kappa shape index (κ2) is 10.2. The smallest absolute Gasteiger partial charge is 0.330 e. The van der Waals surface area contributed by atoms with Gasteiger partial charge in [-0.3, -0.25) is 19.1 Å². The maximum Gasteiger partial charge on any atom is 0.330 e. The Morgan fingerprint density at radius 1 is 1.09 bits per heavy atom. The van der Waals surface area contributed by atoms with E-state index in [1.54, 1.807) is 13.3 Å². The predicted molar refractivity (Wildman–Crippen MR) is 132 cm³/mol. The van der Waals surface area contributed by atoms with Gasteiger partial charge in [-0.05, 0) is 23.6 Å². The number of aromatic nitrogens is 3. The lowest BCUT2D eigenvalue weighted by Gasteiger charge is -2.24. The van der Waals surface area contributed by atoms with Crippen LogP contribution >= 0.6 is 0 Å². The molecule has 0 bridgehead atoms. The molecule has 2 aromatic heterocycles. The highest BCUT2D eigenvalue weighted by atomic mass is 16.5. The van der Waals surface area contributed by atoms with Crippen LogP contribution < -0.4 is 21.9 Å².